The average molecular weight is 413 g/mol. The van der Waals surface area contributed by atoms with Gasteiger partial charge in [-0.1, -0.05) is 30.3 Å². The van der Waals surface area contributed by atoms with Crippen LogP contribution in [0.2, 0.25) is 0 Å². The van der Waals surface area contributed by atoms with Crippen molar-refractivity contribution in [3.05, 3.63) is 59.0 Å². The number of para-hydroxylation sites is 3. The van der Waals surface area contributed by atoms with Gasteiger partial charge < -0.3 is 14.6 Å². The van der Waals surface area contributed by atoms with Crippen LogP contribution in [0.25, 0.3) is 6.08 Å². The van der Waals surface area contributed by atoms with Gasteiger partial charge in [0.15, 0.2) is 0 Å². The molecule has 0 spiro atoms. The number of carboxylic acid groups (broad SMARTS) is 1. The van der Waals surface area contributed by atoms with E-state index in [4.69, 9.17) is 14.6 Å². The largest absolute Gasteiger partial charge is 0.492 e. The molecule has 2 aromatic rings. The van der Waals surface area contributed by atoms with Crippen LogP contribution in [-0.4, -0.2) is 35.4 Å². The van der Waals surface area contributed by atoms with Crippen LogP contribution in [0.3, 0.4) is 0 Å². The predicted molar refractivity (Wildman–Crippen MR) is 110 cm³/mol. The molecule has 1 heterocycles. The molecule has 1 saturated heterocycles. The number of aliphatic carboxylic acids is 1. The third kappa shape index (κ3) is 4.78. The van der Waals surface area contributed by atoms with Gasteiger partial charge in [-0.15, -0.1) is 0 Å². The Bertz CT molecular complexity index is 971. The number of hydrogen-bond donors (Lipinski definition) is 1. The molecule has 1 aliphatic heterocycles. The summed E-state index contributed by atoms with van der Waals surface area (Å²) in [6, 6.07) is 13.8. The molecule has 0 atom stereocenters. The van der Waals surface area contributed by atoms with Gasteiger partial charge in [-0.25, -0.2) is 4.90 Å². The Morgan fingerprint density at radius 3 is 2.48 bits per heavy atom. The number of carbonyl (C=O) groups is 3. The quantitative estimate of drug-likeness (QED) is 0.649. The molecule has 0 unspecified atom stereocenters. The topological polar surface area (TPSA) is 93.1 Å². The van der Waals surface area contributed by atoms with Gasteiger partial charge >= 0.3 is 5.97 Å². The van der Waals surface area contributed by atoms with Crippen molar-refractivity contribution in [3.63, 3.8) is 0 Å². The maximum Gasteiger partial charge on any atom is 0.306 e. The maximum absolute atomic E-state index is 12.9. The summed E-state index contributed by atoms with van der Waals surface area (Å²) in [5.74, 6) is -0.518. The van der Waals surface area contributed by atoms with E-state index in [1.165, 1.54) is 0 Å². The van der Waals surface area contributed by atoms with E-state index in [9.17, 15) is 14.4 Å². The number of carbonyl (C=O) groups excluding carboxylic acids is 2. The molecule has 1 N–H and O–H groups in total. The van der Waals surface area contributed by atoms with Crippen molar-refractivity contribution in [2.45, 2.75) is 13.3 Å². The Kier molecular flexibility index (Phi) is 6.56. The summed E-state index contributed by atoms with van der Waals surface area (Å²) in [4.78, 5) is 37.5. The fourth-order valence-corrected chi connectivity index (χ4v) is 3.54. The molecule has 2 amide bonds. The number of ether oxygens (including phenoxy) is 2. The average Bonchev–Trinajstić information content (AvgIpc) is 2.97. The number of hydrogen-bond acceptors (Lipinski definition) is 6. The Hall–Kier alpha value is -3.26. The summed E-state index contributed by atoms with van der Waals surface area (Å²) in [7, 11) is 0. The Balaban J connectivity index is 1.87. The minimum absolute atomic E-state index is 0.00337. The second-order valence-corrected chi connectivity index (χ2v) is 6.94. The molecule has 0 aliphatic carbocycles. The highest BCUT2D eigenvalue weighted by Crippen LogP contribution is 2.40. The van der Waals surface area contributed by atoms with Gasteiger partial charge in [0.25, 0.3) is 11.1 Å². The van der Waals surface area contributed by atoms with Crippen molar-refractivity contribution in [2.24, 2.45) is 0 Å². The van der Waals surface area contributed by atoms with Crippen LogP contribution in [0.5, 0.6) is 11.5 Å². The third-order valence-corrected chi connectivity index (χ3v) is 4.85. The smallest absolute Gasteiger partial charge is 0.306 e. The molecule has 8 heteroatoms. The van der Waals surface area contributed by atoms with Gasteiger partial charge in [0, 0.05) is 5.56 Å². The lowest BCUT2D eigenvalue weighted by Gasteiger charge is -2.16. The first-order chi connectivity index (χ1) is 14.0. The third-order valence-electron chi connectivity index (χ3n) is 3.98. The van der Waals surface area contributed by atoms with Gasteiger partial charge in [-0.3, -0.25) is 14.4 Å². The second-order valence-electron chi connectivity index (χ2n) is 5.95. The SMILES string of the molecule is CCOc1ccccc1N1C(=O)S/C(=C/c2ccccc2OCCC(=O)O)C1=O. The summed E-state index contributed by atoms with van der Waals surface area (Å²) in [5, 5.41) is 8.34. The molecule has 3 rings (SSSR count). The van der Waals surface area contributed by atoms with Crippen LogP contribution in [0, 0.1) is 0 Å². The normalized spacial score (nSPS) is 15.1. The predicted octanol–water partition coefficient (Wildman–Crippen LogP) is 4.18. The van der Waals surface area contributed by atoms with Crippen molar-refractivity contribution in [2.75, 3.05) is 18.1 Å². The molecule has 150 valence electrons. The van der Waals surface area contributed by atoms with Gasteiger partial charge in [0.1, 0.15) is 11.5 Å². The summed E-state index contributed by atoms with van der Waals surface area (Å²) < 4.78 is 11.1. The molecule has 1 aliphatic rings. The molecule has 7 nitrogen and oxygen atoms in total. The molecule has 2 aromatic carbocycles. The van der Waals surface area contributed by atoms with E-state index >= 15 is 0 Å². The van der Waals surface area contributed by atoms with E-state index < -0.39 is 17.1 Å². The lowest BCUT2D eigenvalue weighted by Crippen LogP contribution is -2.28. The minimum Gasteiger partial charge on any atom is -0.492 e. The monoisotopic (exact) mass is 413 g/mol. The zero-order valence-electron chi connectivity index (χ0n) is 15.7. The van der Waals surface area contributed by atoms with E-state index in [2.05, 4.69) is 0 Å². The molecular formula is C21H19NO6S. The summed E-state index contributed by atoms with van der Waals surface area (Å²) >= 11 is 0.829. The summed E-state index contributed by atoms with van der Waals surface area (Å²) in [5.41, 5.74) is 0.979. The molecular weight excluding hydrogens is 394 g/mol. The lowest BCUT2D eigenvalue weighted by molar-refractivity contribution is -0.137. The number of rotatable bonds is 8. The Morgan fingerprint density at radius 1 is 1.07 bits per heavy atom. The van der Waals surface area contributed by atoms with E-state index in [0.29, 0.717) is 29.4 Å². The summed E-state index contributed by atoms with van der Waals surface area (Å²) in [6.45, 7) is 2.24. The minimum atomic E-state index is -0.962. The van der Waals surface area contributed by atoms with E-state index in [-0.39, 0.29) is 17.9 Å². The molecule has 0 saturated carbocycles. The highest BCUT2D eigenvalue weighted by Gasteiger charge is 2.37. The molecule has 0 aromatic heterocycles. The van der Waals surface area contributed by atoms with Crippen molar-refractivity contribution < 1.29 is 29.0 Å². The first kappa shape index (κ1) is 20.5. The number of nitrogens with zero attached hydrogens (tertiary/aromatic N) is 1. The number of amides is 2. The first-order valence-electron chi connectivity index (χ1n) is 8.94. The molecule has 1 fully saturated rings. The lowest BCUT2D eigenvalue weighted by atomic mass is 10.1. The van der Waals surface area contributed by atoms with Gasteiger partial charge in [0.05, 0.1) is 30.2 Å². The van der Waals surface area contributed by atoms with Crippen LogP contribution < -0.4 is 14.4 Å². The highest BCUT2D eigenvalue weighted by molar-refractivity contribution is 8.19. The number of imide groups is 1. The van der Waals surface area contributed by atoms with Crippen molar-refractivity contribution >= 4 is 40.6 Å². The van der Waals surface area contributed by atoms with E-state index in [0.717, 1.165) is 16.7 Å². The van der Waals surface area contributed by atoms with Crippen molar-refractivity contribution in [1.29, 1.82) is 0 Å². The fraction of sp³-hybridized carbons (Fsp3) is 0.190. The zero-order valence-corrected chi connectivity index (χ0v) is 16.5. The first-order valence-corrected chi connectivity index (χ1v) is 9.76. The van der Waals surface area contributed by atoms with Crippen molar-refractivity contribution in [3.8, 4) is 11.5 Å². The second kappa shape index (κ2) is 9.29. The van der Waals surface area contributed by atoms with Gasteiger partial charge in [-0.2, -0.15) is 0 Å². The van der Waals surface area contributed by atoms with E-state index in [1.54, 1.807) is 54.6 Å². The van der Waals surface area contributed by atoms with Gasteiger partial charge in [-0.05, 0) is 43.0 Å². The molecule has 29 heavy (non-hydrogen) atoms. The van der Waals surface area contributed by atoms with Crippen LogP contribution in [-0.2, 0) is 9.59 Å². The number of thioether (sulfide) groups is 1. The molecule has 0 radical (unpaired) electrons. The Morgan fingerprint density at radius 2 is 1.76 bits per heavy atom. The van der Waals surface area contributed by atoms with Crippen LogP contribution in [0.1, 0.15) is 18.9 Å². The van der Waals surface area contributed by atoms with E-state index in [1.807, 2.05) is 6.92 Å². The zero-order chi connectivity index (χ0) is 20.8. The Labute approximate surface area is 171 Å². The van der Waals surface area contributed by atoms with Crippen LogP contribution in [0.4, 0.5) is 10.5 Å². The maximum atomic E-state index is 12.9. The number of carboxylic acids is 1. The molecule has 0 bridgehead atoms. The van der Waals surface area contributed by atoms with Crippen molar-refractivity contribution in [1.82, 2.24) is 0 Å². The number of benzene rings is 2. The van der Waals surface area contributed by atoms with Crippen LogP contribution in [0.15, 0.2) is 53.4 Å². The van der Waals surface area contributed by atoms with Crippen LogP contribution >= 0.6 is 11.8 Å². The standard InChI is InChI=1S/C21H19NO6S/c1-2-27-17-10-6-4-8-15(17)22-20(25)18(29-21(22)26)13-14-7-3-5-9-16(14)28-12-11-19(23)24/h3-10,13H,2,11-12H2,1H3,(H,23,24)/b18-13+. The summed E-state index contributed by atoms with van der Waals surface area (Å²) in [6.07, 6.45) is 1.43. The number of anilines is 1. The van der Waals surface area contributed by atoms with Gasteiger partial charge in [0.2, 0.25) is 0 Å². The highest BCUT2D eigenvalue weighted by atomic mass is 32.2. The fourth-order valence-electron chi connectivity index (χ4n) is 2.72.